The molecule has 2 aliphatic rings. The predicted molar refractivity (Wildman–Crippen MR) is 179 cm³/mol. The van der Waals surface area contributed by atoms with Crippen molar-refractivity contribution in [3.63, 3.8) is 0 Å². The molecule has 1 atom stereocenters. The lowest BCUT2D eigenvalue weighted by atomic mass is 10.0. The number of hydrogen-bond acceptors (Lipinski definition) is 9. The molecule has 0 aliphatic carbocycles. The van der Waals surface area contributed by atoms with Gasteiger partial charge in [-0.2, -0.15) is 5.10 Å². The number of nitrogens with one attached hydrogen (secondary N) is 3. The van der Waals surface area contributed by atoms with Crippen LogP contribution in [0.5, 0.6) is 0 Å². The molecule has 0 bridgehead atoms. The summed E-state index contributed by atoms with van der Waals surface area (Å²) in [7, 11) is 0. The Morgan fingerprint density at radius 3 is 2.41 bits per heavy atom. The molecule has 3 heterocycles. The fourth-order valence-corrected chi connectivity index (χ4v) is 6.12. The molecule has 0 saturated carbocycles. The van der Waals surface area contributed by atoms with Gasteiger partial charge < -0.3 is 34.6 Å². The Morgan fingerprint density at radius 1 is 0.959 bits per heavy atom. The van der Waals surface area contributed by atoms with Crippen LogP contribution in [0.3, 0.4) is 0 Å². The summed E-state index contributed by atoms with van der Waals surface area (Å²) in [6.07, 6.45) is 0.350. The number of anilines is 3. The number of fused-ring (bicyclic) bond motifs is 1. The molecule has 258 valence electrons. The highest BCUT2D eigenvalue weighted by Gasteiger charge is 2.26. The zero-order valence-corrected chi connectivity index (χ0v) is 27.3. The molecule has 3 N–H and O–H groups in total. The maximum Gasteiger partial charge on any atom is 0.412 e. The van der Waals surface area contributed by atoms with Gasteiger partial charge in [0, 0.05) is 82.1 Å². The Kier molecular flexibility index (Phi) is 10.2. The van der Waals surface area contributed by atoms with Gasteiger partial charge in [-0.05, 0) is 72.9 Å². The number of ether oxygens (including phenoxy) is 3. The van der Waals surface area contributed by atoms with E-state index in [1.54, 1.807) is 11.0 Å². The van der Waals surface area contributed by atoms with Crippen LogP contribution in [0.15, 0.2) is 54.6 Å². The molecular formula is C35H38F2N6O6. The fourth-order valence-electron chi connectivity index (χ4n) is 6.12. The molecule has 4 aromatic rings. The summed E-state index contributed by atoms with van der Waals surface area (Å²) in [4.78, 5) is 41.2. The van der Waals surface area contributed by atoms with Crippen LogP contribution in [0, 0.1) is 11.6 Å². The number of H-pyrrole nitrogens is 1. The molecule has 2 aliphatic heterocycles. The van der Waals surface area contributed by atoms with Gasteiger partial charge >= 0.3 is 12.1 Å². The quantitative estimate of drug-likeness (QED) is 0.156. The molecule has 49 heavy (non-hydrogen) atoms. The zero-order chi connectivity index (χ0) is 34.5. The average molecular weight is 677 g/mol. The minimum absolute atomic E-state index is 0.114. The van der Waals surface area contributed by atoms with Crippen molar-refractivity contribution >= 4 is 46.1 Å². The van der Waals surface area contributed by atoms with E-state index in [9.17, 15) is 23.2 Å². The first-order chi connectivity index (χ1) is 23.6. The van der Waals surface area contributed by atoms with Crippen LogP contribution < -0.4 is 15.5 Å². The van der Waals surface area contributed by atoms with Crippen LogP contribution in [0.1, 0.15) is 48.2 Å². The van der Waals surface area contributed by atoms with Gasteiger partial charge in [-0.1, -0.05) is 6.07 Å². The Balaban J connectivity index is 1.18. The molecule has 2 fully saturated rings. The number of benzene rings is 3. The van der Waals surface area contributed by atoms with Gasteiger partial charge in [0.25, 0.3) is 5.91 Å². The number of carbonyl (C=O) groups is 3. The lowest BCUT2D eigenvalue weighted by molar-refractivity contribution is -0.163. The second kappa shape index (κ2) is 14.9. The van der Waals surface area contributed by atoms with Gasteiger partial charge in [-0.15, -0.1) is 0 Å². The molecule has 0 spiro atoms. The first-order valence-electron chi connectivity index (χ1n) is 16.2. The van der Waals surface area contributed by atoms with E-state index in [1.807, 2.05) is 30.3 Å². The van der Waals surface area contributed by atoms with E-state index >= 15 is 0 Å². The molecule has 1 aromatic heterocycles. The first-order valence-corrected chi connectivity index (χ1v) is 16.2. The minimum atomic E-state index is -0.979. The second-order valence-electron chi connectivity index (χ2n) is 12.2. The van der Waals surface area contributed by atoms with Crippen LogP contribution >= 0.6 is 0 Å². The highest BCUT2D eigenvalue weighted by Crippen LogP contribution is 2.29. The zero-order valence-electron chi connectivity index (χ0n) is 27.3. The van der Waals surface area contributed by atoms with Crippen molar-refractivity contribution in [2.75, 3.05) is 54.9 Å². The lowest BCUT2D eigenvalue weighted by Crippen LogP contribution is -2.49. The average Bonchev–Trinajstić information content (AvgIpc) is 3.46. The van der Waals surface area contributed by atoms with Crippen LogP contribution in [0.25, 0.3) is 10.9 Å². The molecule has 0 radical (unpaired) electrons. The minimum Gasteiger partial charge on any atom is -0.426 e. The summed E-state index contributed by atoms with van der Waals surface area (Å²) in [5, 5.41) is 14.4. The van der Waals surface area contributed by atoms with Gasteiger partial charge in [0.2, 0.25) is 6.29 Å². The molecule has 1 unspecified atom stereocenters. The summed E-state index contributed by atoms with van der Waals surface area (Å²) in [5.74, 6) is -1.84. The molecule has 14 heteroatoms. The number of aromatic nitrogens is 2. The third-order valence-corrected chi connectivity index (χ3v) is 8.52. The number of hydrogen-bond donors (Lipinski definition) is 3. The maximum absolute atomic E-state index is 13.8. The number of amides is 2. The lowest BCUT2D eigenvalue weighted by Gasteiger charge is -2.36. The SMILES string of the molecule is CC(=O)OC(C)OC(=O)N1CCN(c2ccc(C(=O)Nc3n[nH]c4ccc(Cc5cc(F)cc(F)c5)cc34)c(NC3CCOCC3)c2)CC1. The van der Waals surface area contributed by atoms with Crippen LogP contribution in [0.2, 0.25) is 0 Å². The summed E-state index contributed by atoms with van der Waals surface area (Å²) < 4.78 is 43.2. The van der Waals surface area contributed by atoms with Crippen molar-refractivity contribution < 1.29 is 37.4 Å². The molecule has 2 saturated heterocycles. The van der Waals surface area contributed by atoms with E-state index in [4.69, 9.17) is 14.2 Å². The fraction of sp³-hybridized carbons (Fsp3) is 0.371. The monoisotopic (exact) mass is 676 g/mol. The normalized spacial score (nSPS) is 15.9. The van der Waals surface area contributed by atoms with Gasteiger partial charge in [0.1, 0.15) is 11.6 Å². The van der Waals surface area contributed by atoms with Crippen LogP contribution in [-0.2, 0) is 25.4 Å². The third-order valence-electron chi connectivity index (χ3n) is 8.52. The molecule has 2 amide bonds. The van der Waals surface area contributed by atoms with Gasteiger partial charge in [0.15, 0.2) is 5.82 Å². The third kappa shape index (κ3) is 8.44. The van der Waals surface area contributed by atoms with Gasteiger partial charge in [0.05, 0.1) is 11.1 Å². The van der Waals surface area contributed by atoms with Crippen molar-refractivity contribution in [2.45, 2.75) is 45.4 Å². The van der Waals surface area contributed by atoms with E-state index in [0.29, 0.717) is 79.3 Å². The molecule has 3 aromatic carbocycles. The Bertz CT molecular complexity index is 1820. The molecule has 12 nitrogen and oxygen atoms in total. The summed E-state index contributed by atoms with van der Waals surface area (Å²) in [6, 6.07) is 14.6. The highest BCUT2D eigenvalue weighted by atomic mass is 19.1. The van der Waals surface area contributed by atoms with E-state index < -0.39 is 30.0 Å². The molecular weight excluding hydrogens is 638 g/mol. The largest absolute Gasteiger partial charge is 0.426 e. The number of carbonyl (C=O) groups excluding carboxylic acids is 3. The predicted octanol–water partition coefficient (Wildman–Crippen LogP) is 5.44. The van der Waals surface area contributed by atoms with Gasteiger partial charge in [-0.25, -0.2) is 13.6 Å². The van der Waals surface area contributed by atoms with Crippen molar-refractivity contribution in [2.24, 2.45) is 0 Å². The summed E-state index contributed by atoms with van der Waals surface area (Å²) in [6.45, 7) is 5.85. The second-order valence-corrected chi connectivity index (χ2v) is 12.2. The number of rotatable bonds is 9. The van der Waals surface area contributed by atoms with Crippen molar-refractivity contribution in [3.8, 4) is 0 Å². The Morgan fingerprint density at radius 2 is 1.69 bits per heavy atom. The number of halogens is 2. The number of esters is 1. The summed E-state index contributed by atoms with van der Waals surface area (Å²) in [5.41, 5.74) is 3.96. The van der Waals surface area contributed by atoms with E-state index in [1.165, 1.54) is 26.0 Å². The van der Waals surface area contributed by atoms with Crippen molar-refractivity contribution in [3.05, 3.63) is 82.9 Å². The number of aromatic amines is 1. The number of nitrogens with zero attached hydrogens (tertiary/aromatic N) is 3. The maximum atomic E-state index is 13.8. The van der Waals surface area contributed by atoms with Crippen molar-refractivity contribution in [1.29, 1.82) is 0 Å². The van der Waals surface area contributed by atoms with E-state index in [-0.39, 0.29) is 11.9 Å². The van der Waals surface area contributed by atoms with Crippen LogP contribution in [0.4, 0.5) is 30.8 Å². The van der Waals surface area contributed by atoms with Gasteiger partial charge in [-0.3, -0.25) is 14.7 Å². The topological polar surface area (TPSA) is 138 Å². The Hall–Kier alpha value is -5.24. The highest BCUT2D eigenvalue weighted by molar-refractivity contribution is 6.11. The van der Waals surface area contributed by atoms with E-state index in [0.717, 1.165) is 30.2 Å². The Labute approximate surface area is 281 Å². The standard InChI is InChI=1S/C35H38F2N6O6/c1-21(44)48-22(2)49-35(46)43-11-9-42(10-12-43)28-4-5-29(32(20-28)38-27-7-13-47-14-8-27)34(45)39-33-30-18-23(3-6-31(30)40-41-33)15-24-16-25(36)19-26(37)17-24/h3-6,16-20,22,27,38H,7-15H2,1-2H3,(H2,39,40,41,45). The number of piperazine rings is 1. The molecule has 6 rings (SSSR count). The smallest absolute Gasteiger partial charge is 0.412 e. The van der Waals surface area contributed by atoms with Crippen LogP contribution in [-0.4, -0.2) is 84.8 Å². The first kappa shape index (κ1) is 33.7. The van der Waals surface area contributed by atoms with E-state index in [2.05, 4.69) is 25.7 Å². The van der Waals surface area contributed by atoms with Crippen molar-refractivity contribution in [1.82, 2.24) is 15.1 Å². The summed E-state index contributed by atoms with van der Waals surface area (Å²) >= 11 is 0.